The van der Waals surface area contributed by atoms with Crippen LogP contribution in [-0.2, 0) is 72.1 Å². The number of carbonyl (C=O) groups is 6. The molecule has 0 unspecified atom stereocenters. The van der Waals surface area contributed by atoms with E-state index >= 15 is 18.9 Å². The number of anilines is 6. The number of nitrogens with zero attached hydrogens (tertiary/aromatic N) is 6. The zero-order valence-corrected chi connectivity index (χ0v) is 48.1. The van der Waals surface area contributed by atoms with Crippen LogP contribution in [0.2, 0.25) is 0 Å². The molecule has 3 heterocycles. The van der Waals surface area contributed by atoms with Gasteiger partial charge in [0.25, 0.3) is 17.7 Å². The Kier molecular flexibility index (Phi) is 20.9. The van der Waals surface area contributed by atoms with Crippen molar-refractivity contribution < 1.29 is 61.4 Å². The summed E-state index contributed by atoms with van der Waals surface area (Å²) in [7, 11) is -5.89. The van der Waals surface area contributed by atoms with Crippen LogP contribution in [0, 0.1) is 0 Å². The normalized spacial score (nSPS) is 10.9. The minimum absolute atomic E-state index is 0.0224. The fourth-order valence-corrected chi connectivity index (χ4v) is 9.33. The Morgan fingerprint density at radius 1 is 0.360 bits per heavy atom. The Hall–Kier alpha value is -11.5. The maximum absolute atomic E-state index is 16.4. The van der Waals surface area contributed by atoms with Gasteiger partial charge in [-0.1, -0.05) is 91.0 Å². The summed E-state index contributed by atoms with van der Waals surface area (Å²) < 4.78 is 51.1. The largest absolute Gasteiger partial charge is 0.541 e. The van der Waals surface area contributed by atoms with Crippen LogP contribution in [-0.4, -0.2) is 51.0 Å². The lowest BCUT2D eigenvalue weighted by molar-refractivity contribution is 0.0555. The molecule has 0 aliphatic carbocycles. The van der Waals surface area contributed by atoms with Crippen molar-refractivity contribution in [1.29, 1.82) is 0 Å². The van der Waals surface area contributed by atoms with E-state index < -0.39 is 43.8 Å². The fourth-order valence-electron chi connectivity index (χ4n) is 8.15. The molecule has 9 N–H and O–H groups in total. The van der Waals surface area contributed by atoms with Crippen LogP contribution < -0.4 is 48.3 Å². The topological polar surface area (TPSA) is 337 Å². The van der Waals surface area contributed by atoms with Gasteiger partial charge in [0.1, 0.15) is 19.8 Å². The number of hydrogen-bond acceptors (Lipinski definition) is 19. The first kappa shape index (κ1) is 62.0. The van der Waals surface area contributed by atoms with E-state index in [9.17, 15) is 14.4 Å². The van der Waals surface area contributed by atoms with Crippen molar-refractivity contribution in [3.63, 3.8) is 0 Å². The molecule has 3 aromatic heterocycles. The molecule has 6 aromatic carbocycles. The zero-order valence-electron chi connectivity index (χ0n) is 47.2. The molecule has 0 aliphatic heterocycles. The molecule has 9 aromatic rings. The summed E-state index contributed by atoms with van der Waals surface area (Å²) in [6, 6.07) is 45.4. The van der Waals surface area contributed by atoms with Crippen molar-refractivity contribution in [3.05, 3.63) is 269 Å². The van der Waals surface area contributed by atoms with Crippen molar-refractivity contribution in [2.24, 2.45) is 0 Å². The highest BCUT2D eigenvalue weighted by Gasteiger charge is 2.44. The Labute approximate surface area is 509 Å². The first-order valence-electron chi connectivity index (χ1n) is 27.1. The van der Waals surface area contributed by atoms with Crippen LogP contribution >= 0.6 is 7.82 Å². The summed E-state index contributed by atoms with van der Waals surface area (Å²) in [5.41, 5.74) is 22.0. The summed E-state index contributed by atoms with van der Waals surface area (Å²) >= 11 is 0. The minimum atomic E-state index is -5.89. The molecule has 0 aliphatic rings. The Balaban J connectivity index is 1.04. The predicted octanol–water partition coefficient (Wildman–Crippen LogP) is 10.1. The van der Waals surface area contributed by atoms with Gasteiger partial charge in [0, 0.05) is 90.2 Å². The van der Waals surface area contributed by atoms with Crippen LogP contribution in [0.3, 0.4) is 0 Å². The van der Waals surface area contributed by atoms with E-state index in [2.05, 4.69) is 30.9 Å². The third-order valence-corrected chi connectivity index (χ3v) is 13.8. The van der Waals surface area contributed by atoms with E-state index in [1.807, 2.05) is 0 Å². The van der Waals surface area contributed by atoms with E-state index in [-0.39, 0.29) is 90.3 Å². The van der Waals surface area contributed by atoms with Gasteiger partial charge in [-0.15, -0.1) is 0 Å². The number of pyridine rings is 3. The number of hydroxylamine groups is 3. The third-order valence-electron chi connectivity index (χ3n) is 12.8. The molecule has 26 heteroatoms. The van der Waals surface area contributed by atoms with Gasteiger partial charge in [-0.2, -0.15) is 29.1 Å². The lowest BCUT2D eigenvalue weighted by atomic mass is 10.1. The van der Waals surface area contributed by atoms with Crippen LogP contribution in [0.5, 0.6) is 0 Å². The summed E-state index contributed by atoms with van der Waals surface area (Å²) in [5, 5.41) is 9.49. The third kappa shape index (κ3) is 17.3. The lowest BCUT2D eigenvalue weighted by Gasteiger charge is -2.33. The summed E-state index contributed by atoms with van der Waals surface area (Å²) in [5.74, 6) is -3.10. The maximum Gasteiger partial charge on any atom is 0.541 e. The van der Waals surface area contributed by atoms with E-state index in [4.69, 9.17) is 45.3 Å². The molecule has 0 atom stereocenters. The van der Waals surface area contributed by atoms with Crippen LogP contribution in [0.4, 0.5) is 48.5 Å². The highest BCUT2D eigenvalue weighted by Crippen LogP contribution is 2.55. The summed E-state index contributed by atoms with van der Waals surface area (Å²) in [4.78, 5) is 95.2. The van der Waals surface area contributed by atoms with E-state index in [1.165, 1.54) is 127 Å². The number of carbonyl (C=O) groups excluding carboxylic acids is 6. The Morgan fingerprint density at radius 3 is 0.876 bits per heavy atom. The van der Waals surface area contributed by atoms with E-state index in [0.717, 1.165) is 0 Å². The van der Waals surface area contributed by atoms with Gasteiger partial charge in [0.15, 0.2) is 0 Å². The van der Waals surface area contributed by atoms with Gasteiger partial charge in [-0.3, -0.25) is 29.3 Å². The van der Waals surface area contributed by atoms with Crippen molar-refractivity contribution >= 4 is 77.9 Å². The number of alkyl carbamates (subject to hydrolysis) is 3. The molecule has 0 radical (unpaired) electrons. The second-order valence-electron chi connectivity index (χ2n) is 19.1. The van der Waals surface area contributed by atoms with Crippen molar-refractivity contribution in [2.75, 3.05) is 32.4 Å². The van der Waals surface area contributed by atoms with Gasteiger partial charge in [-0.25, -0.2) is 18.9 Å². The highest BCUT2D eigenvalue weighted by molar-refractivity contribution is 7.48. The number of benzene rings is 6. The number of nitrogen functional groups attached to an aromatic ring is 3. The molecular formula is C63H57N12O13P. The van der Waals surface area contributed by atoms with Gasteiger partial charge >= 0.3 is 26.1 Å². The van der Waals surface area contributed by atoms with Crippen molar-refractivity contribution in [3.8, 4) is 0 Å². The first-order valence-corrected chi connectivity index (χ1v) is 28.6. The molecular weight excluding hydrogens is 1160 g/mol. The second-order valence-corrected chi connectivity index (χ2v) is 20.5. The van der Waals surface area contributed by atoms with Crippen molar-refractivity contribution in [2.45, 2.75) is 39.5 Å². The second kappa shape index (κ2) is 30.0. The molecule has 0 bridgehead atoms. The zero-order chi connectivity index (χ0) is 62.5. The molecule has 0 fully saturated rings. The average molecular weight is 1220 g/mol. The summed E-state index contributed by atoms with van der Waals surface area (Å²) in [6.07, 6.45) is 7.30. The van der Waals surface area contributed by atoms with E-state index in [0.29, 0.717) is 48.6 Å². The highest BCUT2D eigenvalue weighted by atomic mass is 31.2. The molecule has 0 saturated heterocycles. The first-order chi connectivity index (χ1) is 43.2. The standard InChI is InChI=1S/C63H57N12O13P/c64-52-13-1-4-16-55(52)73(58(76)49-25-19-43(20-26-49)37-70-61(79)83-40-46-10-7-31-67-34-46)86-89(82,87-74(56-17-5-2-14-53(56)65)59(77)50-27-21-44(22-28-50)38-71-62(80)84-41-47-11-8-32-68-35-47)88-75(57-18-6-3-15-54(57)66)60(78)51-29-23-45(24-30-51)39-72-63(81)85-42-48-12-9-33-69-36-48/h1-36H,37-42,64-66H2,(H,70,79)(H,71,80)(H,72,81). The average Bonchev–Trinajstić information content (AvgIpc) is 0.980. The molecule has 0 spiro atoms. The molecule has 89 heavy (non-hydrogen) atoms. The fraction of sp³-hybridized carbons (Fsp3) is 0.0952. The SMILES string of the molecule is Nc1ccccc1N(OP(=O)(ON(C(=O)c1ccc(CNC(=O)OCc2cccnc2)cc1)c1ccccc1N)ON(C(=O)c1ccc(CNC(=O)OCc2cccnc2)cc1)c1ccccc1N)C(=O)c1ccc(CNC(=O)OCc2cccnc2)cc1. The monoisotopic (exact) mass is 1220 g/mol. The number of phosphoric acid groups is 1. The summed E-state index contributed by atoms with van der Waals surface area (Å²) in [6.45, 7) is -0.151. The number of rotatable bonds is 24. The Bertz CT molecular complexity index is 3550. The van der Waals surface area contributed by atoms with Crippen LogP contribution in [0.15, 0.2) is 219 Å². The molecule has 452 valence electrons. The van der Waals surface area contributed by atoms with E-state index in [1.54, 1.807) is 91.8 Å². The van der Waals surface area contributed by atoms with Gasteiger partial charge in [-0.05, 0) is 108 Å². The van der Waals surface area contributed by atoms with Crippen molar-refractivity contribution in [1.82, 2.24) is 30.9 Å². The number of nitrogens with two attached hydrogens (primary N) is 3. The molecule has 6 amide bonds. The molecule has 25 nitrogen and oxygen atoms in total. The smallest absolute Gasteiger partial charge is 0.445 e. The number of ether oxygens (including phenoxy) is 3. The van der Waals surface area contributed by atoms with Gasteiger partial charge < -0.3 is 47.4 Å². The lowest BCUT2D eigenvalue weighted by Crippen LogP contribution is -2.38. The maximum atomic E-state index is 16.4. The number of para-hydroxylation sites is 6. The number of amides is 6. The van der Waals surface area contributed by atoms with Crippen LogP contribution in [0.1, 0.15) is 64.5 Å². The van der Waals surface area contributed by atoms with Crippen LogP contribution in [0.25, 0.3) is 0 Å². The predicted molar refractivity (Wildman–Crippen MR) is 327 cm³/mol. The quantitative estimate of drug-likeness (QED) is 0.0142. The molecule has 0 saturated carbocycles. The number of aromatic nitrogens is 3. The Morgan fingerprint density at radius 2 is 0.629 bits per heavy atom. The minimum Gasteiger partial charge on any atom is -0.445 e. The molecule has 9 rings (SSSR count). The number of hydrogen-bond donors (Lipinski definition) is 6. The van der Waals surface area contributed by atoms with Gasteiger partial charge in [0.2, 0.25) is 0 Å². The van der Waals surface area contributed by atoms with Gasteiger partial charge in [0.05, 0.1) is 34.1 Å². The number of nitrogens with one attached hydrogen (secondary N) is 3.